The summed E-state index contributed by atoms with van der Waals surface area (Å²) in [5, 5.41) is -0.179. The van der Waals surface area contributed by atoms with Gasteiger partial charge in [-0.1, -0.05) is 69.2 Å². The SMILES string of the molecule is CC[Si](CC)(CC)[C@@]1(C(=O)OC)C[C@@H]1c1ccccc1. The topological polar surface area (TPSA) is 26.3 Å². The fourth-order valence-corrected chi connectivity index (χ4v) is 9.73. The Balaban J connectivity index is 2.43. The van der Waals surface area contributed by atoms with Gasteiger partial charge in [-0.3, -0.25) is 4.79 Å². The van der Waals surface area contributed by atoms with Crippen molar-refractivity contribution in [2.24, 2.45) is 0 Å². The van der Waals surface area contributed by atoms with E-state index in [-0.39, 0.29) is 11.0 Å². The first-order valence-corrected chi connectivity index (χ1v) is 10.4. The molecule has 0 N–H and O–H groups in total. The van der Waals surface area contributed by atoms with E-state index in [0.717, 1.165) is 6.42 Å². The Morgan fingerprint density at radius 2 is 1.75 bits per heavy atom. The minimum Gasteiger partial charge on any atom is -0.469 e. The van der Waals surface area contributed by atoms with E-state index in [1.165, 1.54) is 23.7 Å². The van der Waals surface area contributed by atoms with Crippen molar-refractivity contribution in [3.63, 3.8) is 0 Å². The number of carbonyl (C=O) groups is 1. The predicted molar refractivity (Wildman–Crippen MR) is 85.7 cm³/mol. The van der Waals surface area contributed by atoms with Gasteiger partial charge in [0.1, 0.15) is 0 Å². The van der Waals surface area contributed by atoms with Gasteiger partial charge in [-0.2, -0.15) is 0 Å². The summed E-state index contributed by atoms with van der Waals surface area (Å²) in [5.74, 6) is 0.422. The molecule has 0 heterocycles. The average Bonchev–Trinajstić information content (AvgIpc) is 3.27. The molecule has 1 aliphatic rings. The predicted octanol–water partition coefficient (Wildman–Crippen LogP) is 4.60. The Kier molecular flexibility index (Phi) is 4.38. The molecule has 1 saturated carbocycles. The van der Waals surface area contributed by atoms with Gasteiger partial charge in [0.15, 0.2) is 0 Å². The zero-order valence-electron chi connectivity index (χ0n) is 13.1. The highest BCUT2D eigenvalue weighted by Crippen LogP contribution is 2.73. The summed E-state index contributed by atoms with van der Waals surface area (Å²) in [4.78, 5) is 12.6. The van der Waals surface area contributed by atoms with E-state index in [2.05, 4.69) is 45.0 Å². The van der Waals surface area contributed by atoms with E-state index in [4.69, 9.17) is 4.74 Å². The van der Waals surface area contributed by atoms with E-state index in [1.807, 2.05) is 6.07 Å². The molecule has 3 heteroatoms. The molecule has 2 atom stereocenters. The lowest BCUT2D eigenvalue weighted by Gasteiger charge is -2.36. The van der Waals surface area contributed by atoms with E-state index >= 15 is 0 Å². The zero-order chi connectivity index (χ0) is 14.8. The number of carbonyl (C=O) groups excluding carboxylic acids is 1. The van der Waals surface area contributed by atoms with Crippen LogP contribution in [0.3, 0.4) is 0 Å². The highest BCUT2D eigenvalue weighted by molar-refractivity contribution is 6.86. The molecule has 0 saturated heterocycles. The molecule has 0 unspecified atom stereocenters. The van der Waals surface area contributed by atoms with Crippen molar-refractivity contribution >= 4 is 14.0 Å². The van der Waals surface area contributed by atoms with Crippen molar-refractivity contribution in [2.45, 2.75) is 56.3 Å². The summed E-state index contributed by atoms with van der Waals surface area (Å²) >= 11 is 0. The van der Waals surface area contributed by atoms with Gasteiger partial charge in [-0.15, -0.1) is 0 Å². The lowest BCUT2D eigenvalue weighted by atomic mass is 10.1. The molecule has 110 valence electrons. The molecule has 0 amide bonds. The maximum absolute atomic E-state index is 12.6. The molecule has 2 rings (SSSR count). The standard InChI is InChI=1S/C17H26O2Si/c1-5-20(6-2,7-3)17(16(18)19-4)13-15(17)14-11-9-8-10-12-14/h8-12,15H,5-7,13H2,1-4H3/t15-,17+/m1/s1. The largest absolute Gasteiger partial charge is 0.469 e. The van der Waals surface area contributed by atoms with Crippen molar-refractivity contribution in [1.82, 2.24) is 0 Å². The highest BCUT2D eigenvalue weighted by atomic mass is 28.3. The summed E-state index contributed by atoms with van der Waals surface area (Å²) in [6.45, 7) is 6.80. The summed E-state index contributed by atoms with van der Waals surface area (Å²) in [6, 6.07) is 14.0. The third-order valence-electron chi connectivity index (χ3n) is 5.69. The van der Waals surface area contributed by atoms with E-state index in [1.54, 1.807) is 7.11 Å². The van der Waals surface area contributed by atoms with E-state index < -0.39 is 8.07 Å². The van der Waals surface area contributed by atoms with Crippen LogP contribution >= 0.6 is 0 Å². The minimum atomic E-state index is -1.64. The van der Waals surface area contributed by atoms with Gasteiger partial charge in [0, 0.05) is 0 Å². The van der Waals surface area contributed by atoms with Gasteiger partial charge in [-0.25, -0.2) is 0 Å². The fourth-order valence-electron chi connectivity index (χ4n) is 4.26. The Morgan fingerprint density at radius 1 is 1.20 bits per heavy atom. The van der Waals surface area contributed by atoms with Crippen LogP contribution in [0.25, 0.3) is 0 Å². The molecule has 0 radical (unpaired) electrons. The van der Waals surface area contributed by atoms with Crippen LogP contribution in [-0.4, -0.2) is 21.2 Å². The summed E-state index contributed by atoms with van der Waals surface area (Å²) in [6.07, 6.45) is 0.991. The number of benzene rings is 1. The zero-order valence-corrected chi connectivity index (χ0v) is 14.1. The van der Waals surface area contributed by atoms with Crippen LogP contribution < -0.4 is 0 Å². The molecular formula is C17H26O2Si. The Bertz CT molecular complexity index is 459. The quantitative estimate of drug-likeness (QED) is 0.565. The fraction of sp³-hybridized carbons (Fsp3) is 0.588. The van der Waals surface area contributed by atoms with Crippen LogP contribution in [0, 0.1) is 0 Å². The molecule has 1 fully saturated rings. The summed E-state index contributed by atoms with van der Waals surface area (Å²) in [7, 11) is -0.0921. The first kappa shape index (κ1) is 15.3. The second-order valence-electron chi connectivity index (χ2n) is 5.97. The normalized spacial score (nSPS) is 25.3. The minimum absolute atomic E-state index is 0.0450. The maximum atomic E-state index is 12.6. The van der Waals surface area contributed by atoms with Crippen molar-refractivity contribution in [3.8, 4) is 0 Å². The number of rotatable bonds is 6. The summed E-state index contributed by atoms with van der Waals surface area (Å²) in [5.41, 5.74) is 1.31. The molecule has 0 aliphatic heterocycles. The Labute approximate surface area is 123 Å². The van der Waals surface area contributed by atoms with Gasteiger partial charge < -0.3 is 4.74 Å². The number of esters is 1. The van der Waals surface area contributed by atoms with E-state index in [0.29, 0.717) is 5.92 Å². The van der Waals surface area contributed by atoms with Crippen molar-refractivity contribution < 1.29 is 9.53 Å². The van der Waals surface area contributed by atoms with Crippen molar-refractivity contribution in [1.29, 1.82) is 0 Å². The Hall–Kier alpha value is -1.09. The second kappa shape index (κ2) is 5.72. The molecule has 0 aromatic heterocycles. The maximum Gasteiger partial charge on any atom is 0.309 e. The Morgan fingerprint density at radius 3 is 2.20 bits per heavy atom. The van der Waals surface area contributed by atoms with Gasteiger partial charge >= 0.3 is 5.97 Å². The second-order valence-corrected chi connectivity index (χ2v) is 11.5. The van der Waals surface area contributed by atoms with E-state index in [9.17, 15) is 4.79 Å². The van der Waals surface area contributed by atoms with Gasteiger partial charge in [0.2, 0.25) is 0 Å². The van der Waals surface area contributed by atoms with Gasteiger partial charge in [0.05, 0.1) is 20.2 Å². The average molecular weight is 290 g/mol. The molecule has 0 spiro atoms. The highest BCUT2D eigenvalue weighted by Gasteiger charge is 2.70. The van der Waals surface area contributed by atoms with Crippen LogP contribution in [-0.2, 0) is 9.53 Å². The third-order valence-corrected chi connectivity index (χ3v) is 12.4. The van der Waals surface area contributed by atoms with Crippen LogP contribution in [0.15, 0.2) is 30.3 Å². The van der Waals surface area contributed by atoms with Crippen LogP contribution in [0.1, 0.15) is 38.7 Å². The molecule has 1 aromatic carbocycles. The first-order chi connectivity index (χ1) is 9.61. The third kappa shape index (κ3) is 2.03. The number of methoxy groups -OCH3 is 1. The van der Waals surface area contributed by atoms with Crippen LogP contribution in [0.5, 0.6) is 0 Å². The molecule has 20 heavy (non-hydrogen) atoms. The lowest BCUT2D eigenvalue weighted by Crippen LogP contribution is -2.44. The molecule has 1 aromatic rings. The summed E-state index contributed by atoms with van der Waals surface area (Å²) < 4.78 is 5.24. The number of ether oxygens (including phenoxy) is 1. The van der Waals surface area contributed by atoms with Crippen molar-refractivity contribution in [3.05, 3.63) is 35.9 Å². The molecule has 1 aliphatic carbocycles. The smallest absolute Gasteiger partial charge is 0.309 e. The van der Waals surface area contributed by atoms with Crippen LogP contribution in [0.2, 0.25) is 23.2 Å². The molecule has 0 bridgehead atoms. The van der Waals surface area contributed by atoms with Crippen molar-refractivity contribution in [2.75, 3.05) is 7.11 Å². The number of hydrogen-bond donors (Lipinski definition) is 0. The van der Waals surface area contributed by atoms with Gasteiger partial charge in [0.25, 0.3) is 0 Å². The molecule has 2 nitrogen and oxygen atoms in total. The van der Waals surface area contributed by atoms with Crippen LogP contribution in [0.4, 0.5) is 0 Å². The lowest BCUT2D eigenvalue weighted by molar-refractivity contribution is -0.141. The number of hydrogen-bond acceptors (Lipinski definition) is 2. The van der Waals surface area contributed by atoms with Gasteiger partial charge in [-0.05, 0) is 17.9 Å². The first-order valence-electron chi connectivity index (χ1n) is 7.75. The molecular weight excluding hydrogens is 264 g/mol. The monoisotopic (exact) mass is 290 g/mol.